The third-order valence-corrected chi connectivity index (χ3v) is 4.01. The van der Waals surface area contributed by atoms with Gasteiger partial charge in [-0.15, -0.1) is 0 Å². The third kappa shape index (κ3) is 5.20. The first-order valence-electron chi connectivity index (χ1n) is 9.06. The van der Waals surface area contributed by atoms with Gasteiger partial charge in [-0.05, 0) is 36.4 Å². The zero-order chi connectivity index (χ0) is 19.9. The minimum absolute atomic E-state index is 0.0737. The van der Waals surface area contributed by atoms with Crippen molar-refractivity contribution in [3.63, 3.8) is 0 Å². The predicted octanol–water partition coefficient (Wildman–Crippen LogP) is 5.19. The first-order chi connectivity index (χ1) is 13.5. The van der Waals surface area contributed by atoms with Crippen molar-refractivity contribution in [1.29, 1.82) is 0 Å². The molecule has 1 heterocycles. The molecular formula is C23H22N2O3. The molecule has 0 aliphatic carbocycles. The van der Waals surface area contributed by atoms with E-state index in [-0.39, 0.29) is 17.7 Å². The molecule has 0 aliphatic heterocycles. The number of hydrogen-bond acceptors (Lipinski definition) is 3. The molecular weight excluding hydrogens is 352 g/mol. The van der Waals surface area contributed by atoms with Gasteiger partial charge in [-0.2, -0.15) is 0 Å². The van der Waals surface area contributed by atoms with E-state index in [0.29, 0.717) is 17.1 Å². The summed E-state index contributed by atoms with van der Waals surface area (Å²) in [7, 11) is 0. The standard InChI is InChI=1S/C23H22N2O3/c1-16(2)23(27)25-19-10-6-9-18(15-19)24-22(26)14-12-20-11-13-21(28-20)17-7-4-3-5-8-17/h3-16H,1-2H3,(H,24,26)(H,25,27)/b14-12+. The third-order valence-electron chi connectivity index (χ3n) is 4.01. The Morgan fingerprint density at radius 2 is 1.61 bits per heavy atom. The van der Waals surface area contributed by atoms with Gasteiger partial charge in [-0.25, -0.2) is 0 Å². The van der Waals surface area contributed by atoms with E-state index < -0.39 is 0 Å². The number of furan rings is 1. The average Bonchev–Trinajstić information content (AvgIpc) is 3.16. The molecule has 0 radical (unpaired) electrons. The van der Waals surface area contributed by atoms with Crippen molar-refractivity contribution in [2.75, 3.05) is 10.6 Å². The lowest BCUT2D eigenvalue weighted by Gasteiger charge is -2.09. The van der Waals surface area contributed by atoms with Crippen LogP contribution in [0.2, 0.25) is 0 Å². The first-order valence-corrected chi connectivity index (χ1v) is 9.06. The van der Waals surface area contributed by atoms with E-state index in [2.05, 4.69) is 10.6 Å². The summed E-state index contributed by atoms with van der Waals surface area (Å²) in [5.74, 6) is 0.858. The number of rotatable bonds is 6. The number of hydrogen-bond donors (Lipinski definition) is 2. The Kier molecular flexibility index (Phi) is 6.07. The largest absolute Gasteiger partial charge is 0.457 e. The zero-order valence-corrected chi connectivity index (χ0v) is 15.8. The van der Waals surface area contributed by atoms with Crippen molar-refractivity contribution in [2.45, 2.75) is 13.8 Å². The molecule has 0 saturated carbocycles. The number of carbonyl (C=O) groups excluding carboxylic acids is 2. The van der Waals surface area contributed by atoms with Gasteiger partial charge in [0.2, 0.25) is 11.8 Å². The second-order valence-electron chi connectivity index (χ2n) is 6.62. The average molecular weight is 374 g/mol. The Hall–Kier alpha value is -3.60. The molecule has 5 nitrogen and oxygen atoms in total. The van der Waals surface area contributed by atoms with E-state index in [0.717, 1.165) is 11.3 Å². The van der Waals surface area contributed by atoms with Crippen LogP contribution in [0.25, 0.3) is 17.4 Å². The van der Waals surface area contributed by atoms with Crippen LogP contribution in [0.4, 0.5) is 11.4 Å². The molecule has 0 unspecified atom stereocenters. The van der Waals surface area contributed by atoms with Crippen LogP contribution in [-0.2, 0) is 9.59 Å². The number of benzene rings is 2. The Balaban J connectivity index is 1.61. The molecule has 0 fully saturated rings. The Labute approximate surface area is 164 Å². The molecule has 2 N–H and O–H groups in total. The maximum atomic E-state index is 12.2. The summed E-state index contributed by atoms with van der Waals surface area (Å²) in [5, 5.41) is 5.58. The molecule has 0 spiro atoms. The maximum Gasteiger partial charge on any atom is 0.248 e. The molecule has 5 heteroatoms. The first kappa shape index (κ1) is 19.2. The van der Waals surface area contributed by atoms with Crippen LogP contribution in [-0.4, -0.2) is 11.8 Å². The second-order valence-corrected chi connectivity index (χ2v) is 6.62. The number of anilines is 2. The maximum absolute atomic E-state index is 12.2. The van der Waals surface area contributed by atoms with E-state index in [9.17, 15) is 9.59 Å². The van der Waals surface area contributed by atoms with Gasteiger partial charge in [0.1, 0.15) is 11.5 Å². The van der Waals surface area contributed by atoms with Crippen molar-refractivity contribution in [1.82, 2.24) is 0 Å². The molecule has 0 bridgehead atoms. The summed E-state index contributed by atoms with van der Waals surface area (Å²) in [6.45, 7) is 3.65. The highest BCUT2D eigenvalue weighted by Crippen LogP contribution is 2.22. The summed E-state index contributed by atoms with van der Waals surface area (Å²) >= 11 is 0. The van der Waals surface area contributed by atoms with Crippen molar-refractivity contribution in [3.05, 3.63) is 78.6 Å². The quantitative estimate of drug-likeness (QED) is 0.583. The Morgan fingerprint density at radius 3 is 2.32 bits per heavy atom. The molecule has 0 saturated heterocycles. The monoisotopic (exact) mass is 374 g/mol. The van der Waals surface area contributed by atoms with E-state index in [1.165, 1.54) is 6.08 Å². The van der Waals surface area contributed by atoms with Crippen LogP contribution in [0.15, 0.2) is 77.2 Å². The highest BCUT2D eigenvalue weighted by atomic mass is 16.3. The highest BCUT2D eigenvalue weighted by molar-refractivity contribution is 6.02. The summed E-state index contributed by atoms with van der Waals surface area (Å²) in [6, 6.07) is 20.5. The molecule has 0 atom stereocenters. The molecule has 2 aromatic carbocycles. The number of carbonyl (C=O) groups is 2. The predicted molar refractivity (Wildman–Crippen MR) is 112 cm³/mol. The molecule has 28 heavy (non-hydrogen) atoms. The lowest BCUT2D eigenvalue weighted by molar-refractivity contribution is -0.119. The van der Waals surface area contributed by atoms with Crippen molar-refractivity contribution in [3.8, 4) is 11.3 Å². The molecule has 142 valence electrons. The molecule has 3 aromatic rings. The van der Waals surface area contributed by atoms with Gasteiger partial charge >= 0.3 is 0 Å². The van der Waals surface area contributed by atoms with Crippen molar-refractivity contribution >= 4 is 29.3 Å². The zero-order valence-electron chi connectivity index (χ0n) is 15.8. The number of nitrogens with one attached hydrogen (secondary N) is 2. The van der Waals surface area contributed by atoms with E-state index in [4.69, 9.17) is 4.42 Å². The SMILES string of the molecule is CC(C)C(=O)Nc1cccc(NC(=O)/C=C/c2ccc(-c3ccccc3)o2)c1. The van der Waals surface area contributed by atoms with Crippen LogP contribution in [0, 0.1) is 5.92 Å². The van der Waals surface area contributed by atoms with Gasteiger partial charge in [0, 0.05) is 28.9 Å². The smallest absolute Gasteiger partial charge is 0.248 e. The summed E-state index contributed by atoms with van der Waals surface area (Å²) in [6.07, 6.45) is 3.03. The van der Waals surface area contributed by atoms with Crippen molar-refractivity contribution in [2.24, 2.45) is 5.92 Å². The fourth-order valence-corrected chi connectivity index (χ4v) is 2.50. The fraction of sp³-hybridized carbons (Fsp3) is 0.130. The topological polar surface area (TPSA) is 71.3 Å². The highest BCUT2D eigenvalue weighted by Gasteiger charge is 2.08. The van der Waals surface area contributed by atoms with Crippen molar-refractivity contribution < 1.29 is 14.0 Å². The van der Waals surface area contributed by atoms with E-state index in [1.54, 1.807) is 30.3 Å². The summed E-state index contributed by atoms with van der Waals surface area (Å²) in [4.78, 5) is 24.0. The van der Waals surface area contributed by atoms with Gasteiger partial charge < -0.3 is 15.1 Å². The molecule has 3 rings (SSSR count). The van der Waals surface area contributed by atoms with Gasteiger partial charge in [0.15, 0.2) is 0 Å². The summed E-state index contributed by atoms with van der Waals surface area (Å²) in [5.41, 5.74) is 2.21. The van der Waals surface area contributed by atoms with Crippen LogP contribution in [0.3, 0.4) is 0 Å². The fourth-order valence-electron chi connectivity index (χ4n) is 2.50. The minimum Gasteiger partial charge on any atom is -0.457 e. The Morgan fingerprint density at radius 1 is 0.893 bits per heavy atom. The van der Waals surface area contributed by atoms with Gasteiger partial charge in [-0.1, -0.05) is 50.2 Å². The second kappa shape index (κ2) is 8.86. The van der Waals surface area contributed by atoms with E-state index >= 15 is 0 Å². The van der Waals surface area contributed by atoms with Crippen LogP contribution >= 0.6 is 0 Å². The number of amides is 2. The molecule has 1 aromatic heterocycles. The van der Waals surface area contributed by atoms with Crippen LogP contribution in [0.5, 0.6) is 0 Å². The van der Waals surface area contributed by atoms with Gasteiger partial charge in [0.05, 0.1) is 0 Å². The normalized spacial score (nSPS) is 11.0. The van der Waals surface area contributed by atoms with E-state index in [1.807, 2.05) is 56.3 Å². The van der Waals surface area contributed by atoms with Crippen LogP contribution < -0.4 is 10.6 Å². The van der Waals surface area contributed by atoms with Gasteiger partial charge in [-0.3, -0.25) is 9.59 Å². The molecule has 2 amide bonds. The van der Waals surface area contributed by atoms with Gasteiger partial charge in [0.25, 0.3) is 0 Å². The lowest BCUT2D eigenvalue weighted by Crippen LogP contribution is -2.17. The summed E-state index contributed by atoms with van der Waals surface area (Å²) < 4.78 is 5.74. The Bertz CT molecular complexity index is 988. The minimum atomic E-state index is -0.287. The van der Waals surface area contributed by atoms with Crippen LogP contribution in [0.1, 0.15) is 19.6 Å². The molecule has 0 aliphatic rings. The lowest BCUT2D eigenvalue weighted by atomic mass is 10.2.